The van der Waals surface area contributed by atoms with E-state index in [1.165, 1.54) is 0 Å². The summed E-state index contributed by atoms with van der Waals surface area (Å²) in [7, 11) is 0. The summed E-state index contributed by atoms with van der Waals surface area (Å²) in [6, 6.07) is 11.5. The van der Waals surface area contributed by atoms with Crippen molar-refractivity contribution in [3.8, 4) is 0 Å². The lowest BCUT2D eigenvalue weighted by molar-refractivity contribution is -0.124. The van der Waals surface area contributed by atoms with Crippen molar-refractivity contribution in [2.24, 2.45) is 0 Å². The lowest BCUT2D eigenvalue weighted by atomic mass is 10.2. The number of halogens is 1. The molecule has 3 rings (SSSR count). The number of aromatic nitrogens is 1. The van der Waals surface area contributed by atoms with Crippen LogP contribution in [0, 0.1) is 0 Å². The zero-order valence-corrected chi connectivity index (χ0v) is 13.5. The molecule has 6 heteroatoms. The van der Waals surface area contributed by atoms with Crippen molar-refractivity contribution < 1.29 is 9.53 Å². The molecule has 1 aliphatic heterocycles. The molecular weight excluding hydrogens is 346 g/mol. The van der Waals surface area contributed by atoms with Crippen molar-refractivity contribution in [1.29, 1.82) is 0 Å². The van der Waals surface area contributed by atoms with Crippen LogP contribution in [0.25, 0.3) is 0 Å². The van der Waals surface area contributed by atoms with Crippen LogP contribution in [0.3, 0.4) is 0 Å². The molecule has 1 aliphatic rings. The fourth-order valence-electron chi connectivity index (χ4n) is 2.23. The third-order valence-electron chi connectivity index (χ3n) is 3.37. The van der Waals surface area contributed by atoms with Gasteiger partial charge in [0.1, 0.15) is 11.9 Å². The number of benzene rings is 1. The van der Waals surface area contributed by atoms with Gasteiger partial charge in [0.2, 0.25) is 0 Å². The highest BCUT2D eigenvalue weighted by Gasteiger charge is 2.23. The number of amides is 1. The average Bonchev–Trinajstić information content (AvgIpc) is 3.06. The van der Waals surface area contributed by atoms with Crippen LogP contribution in [0.5, 0.6) is 0 Å². The van der Waals surface area contributed by atoms with Crippen LogP contribution < -0.4 is 10.6 Å². The molecule has 1 unspecified atom stereocenters. The number of anilines is 3. The Bertz CT molecular complexity index is 637. The number of carbonyl (C=O) groups is 1. The minimum atomic E-state index is -0.333. The third kappa shape index (κ3) is 3.84. The predicted molar refractivity (Wildman–Crippen MR) is 89.3 cm³/mol. The molecule has 2 heterocycles. The first-order chi connectivity index (χ1) is 10.7. The highest BCUT2D eigenvalue weighted by atomic mass is 79.9. The van der Waals surface area contributed by atoms with Gasteiger partial charge in [-0.25, -0.2) is 4.98 Å². The monoisotopic (exact) mass is 361 g/mol. The van der Waals surface area contributed by atoms with Crippen LogP contribution in [0.4, 0.5) is 17.2 Å². The number of nitrogens with one attached hydrogen (secondary N) is 2. The summed E-state index contributed by atoms with van der Waals surface area (Å²) >= 11 is 3.40. The fourth-order valence-corrected chi connectivity index (χ4v) is 2.49. The van der Waals surface area contributed by atoms with Gasteiger partial charge in [-0.15, -0.1) is 0 Å². The molecule has 114 valence electrons. The lowest BCUT2D eigenvalue weighted by Crippen LogP contribution is -2.26. The van der Waals surface area contributed by atoms with Crippen molar-refractivity contribution in [2.75, 3.05) is 17.2 Å². The van der Waals surface area contributed by atoms with Gasteiger partial charge in [0.05, 0.1) is 11.9 Å². The molecule has 0 radical (unpaired) electrons. The molecule has 2 aromatic rings. The molecule has 0 aliphatic carbocycles. The maximum Gasteiger partial charge on any atom is 0.253 e. The molecule has 5 nitrogen and oxygen atoms in total. The second kappa shape index (κ2) is 6.89. The van der Waals surface area contributed by atoms with Gasteiger partial charge in [0.25, 0.3) is 5.91 Å². The van der Waals surface area contributed by atoms with Crippen molar-refractivity contribution in [3.05, 3.63) is 47.1 Å². The van der Waals surface area contributed by atoms with E-state index in [2.05, 4.69) is 31.5 Å². The summed E-state index contributed by atoms with van der Waals surface area (Å²) in [5, 5.41) is 6.02. The number of nitrogens with zero attached hydrogens (tertiary/aromatic N) is 1. The number of pyridine rings is 1. The highest BCUT2D eigenvalue weighted by Crippen LogP contribution is 2.19. The molecule has 0 bridgehead atoms. The van der Waals surface area contributed by atoms with E-state index >= 15 is 0 Å². The minimum Gasteiger partial charge on any atom is -0.368 e. The largest absolute Gasteiger partial charge is 0.368 e. The Labute approximate surface area is 137 Å². The quantitative estimate of drug-likeness (QED) is 0.871. The van der Waals surface area contributed by atoms with E-state index in [1.54, 1.807) is 6.20 Å². The van der Waals surface area contributed by atoms with Crippen molar-refractivity contribution in [1.82, 2.24) is 4.98 Å². The van der Waals surface area contributed by atoms with Crippen molar-refractivity contribution in [2.45, 2.75) is 18.9 Å². The van der Waals surface area contributed by atoms with Gasteiger partial charge in [0, 0.05) is 16.8 Å². The van der Waals surface area contributed by atoms with Gasteiger partial charge in [-0.3, -0.25) is 4.79 Å². The van der Waals surface area contributed by atoms with Gasteiger partial charge in [0.15, 0.2) is 0 Å². The summed E-state index contributed by atoms with van der Waals surface area (Å²) in [6.45, 7) is 0.659. The first kappa shape index (κ1) is 15.0. The summed E-state index contributed by atoms with van der Waals surface area (Å²) in [4.78, 5) is 16.2. The van der Waals surface area contributed by atoms with E-state index in [9.17, 15) is 4.79 Å². The van der Waals surface area contributed by atoms with E-state index in [4.69, 9.17) is 4.74 Å². The molecular formula is C16H16BrN3O2. The maximum absolute atomic E-state index is 11.9. The van der Waals surface area contributed by atoms with Crippen LogP contribution in [0.15, 0.2) is 47.1 Å². The Morgan fingerprint density at radius 1 is 1.18 bits per heavy atom. The number of carbonyl (C=O) groups excluding carboxylic acids is 1. The van der Waals surface area contributed by atoms with Gasteiger partial charge >= 0.3 is 0 Å². The molecule has 1 fully saturated rings. The Morgan fingerprint density at radius 3 is 2.59 bits per heavy atom. The fraction of sp³-hybridized carbons (Fsp3) is 0.250. The average molecular weight is 362 g/mol. The molecule has 1 aromatic carbocycles. The summed E-state index contributed by atoms with van der Waals surface area (Å²) in [5.41, 5.74) is 1.62. The van der Waals surface area contributed by atoms with E-state index < -0.39 is 0 Å². The van der Waals surface area contributed by atoms with E-state index in [0.29, 0.717) is 12.3 Å². The smallest absolute Gasteiger partial charge is 0.253 e. The van der Waals surface area contributed by atoms with Gasteiger partial charge < -0.3 is 15.4 Å². The number of hydrogen-bond donors (Lipinski definition) is 2. The SMILES string of the molecule is O=C(Nc1ccc(Nc2ccc(Br)cc2)nc1)C1CCCO1. The highest BCUT2D eigenvalue weighted by molar-refractivity contribution is 9.10. The zero-order chi connectivity index (χ0) is 15.4. The number of rotatable bonds is 4. The van der Waals surface area contributed by atoms with Crippen molar-refractivity contribution in [3.63, 3.8) is 0 Å². The summed E-state index contributed by atoms with van der Waals surface area (Å²) < 4.78 is 6.38. The van der Waals surface area contributed by atoms with Crippen LogP contribution in [-0.2, 0) is 9.53 Å². The molecule has 2 N–H and O–H groups in total. The van der Waals surface area contributed by atoms with E-state index in [0.717, 1.165) is 28.8 Å². The molecule has 22 heavy (non-hydrogen) atoms. The topological polar surface area (TPSA) is 63.2 Å². The van der Waals surface area contributed by atoms with E-state index in [1.807, 2.05) is 36.4 Å². The normalized spacial score (nSPS) is 17.2. The third-order valence-corrected chi connectivity index (χ3v) is 3.90. The molecule has 1 atom stereocenters. The summed E-state index contributed by atoms with van der Waals surface area (Å²) in [5.74, 6) is 0.616. The van der Waals surface area contributed by atoms with Gasteiger partial charge in [-0.05, 0) is 49.2 Å². The zero-order valence-electron chi connectivity index (χ0n) is 11.9. The Balaban J connectivity index is 1.60. The van der Waals surface area contributed by atoms with Crippen LogP contribution in [-0.4, -0.2) is 23.6 Å². The Hall–Kier alpha value is -1.92. The molecule has 0 spiro atoms. The number of ether oxygens (including phenoxy) is 1. The molecule has 1 saturated heterocycles. The van der Waals surface area contributed by atoms with Crippen molar-refractivity contribution >= 4 is 39.0 Å². The first-order valence-corrected chi connectivity index (χ1v) is 7.91. The molecule has 0 saturated carbocycles. The maximum atomic E-state index is 11.9. The second-order valence-corrected chi connectivity index (χ2v) is 5.97. The lowest BCUT2D eigenvalue weighted by Gasteiger charge is -2.11. The standard InChI is InChI=1S/C16H16BrN3O2/c17-11-3-5-12(6-4-11)19-15-8-7-13(10-18-15)20-16(21)14-2-1-9-22-14/h3-8,10,14H,1-2,9H2,(H,18,19)(H,20,21). The Kier molecular flexibility index (Phi) is 4.70. The van der Waals surface area contributed by atoms with Gasteiger partial charge in [-0.1, -0.05) is 15.9 Å². The second-order valence-electron chi connectivity index (χ2n) is 5.05. The minimum absolute atomic E-state index is 0.104. The number of hydrogen-bond acceptors (Lipinski definition) is 4. The van der Waals surface area contributed by atoms with Crippen LogP contribution in [0.2, 0.25) is 0 Å². The molecule has 1 amide bonds. The van der Waals surface area contributed by atoms with Crippen LogP contribution in [0.1, 0.15) is 12.8 Å². The van der Waals surface area contributed by atoms with Crippen LogP contribution >= 0.6 is 15.9 Å². The predicted octanol–water partition coefficient (Wildman–Crippen LogP) is 3.71. The molecule has 1 aromatic heterocycles. The Morgan fingerprint density at radius 2 is 1.95 bits per heavy atom. The summed E-state index contributed by atoms with van der Waals surface area (Å²) in [6.07, 6.45) is 3.02. The van der Waals surface area contributed by atoms with Gasteiger partial charge in [-0.2, -0.15) is 0 Å². The van der Waals surface area contributed by atoms with E-state index in [-0.39, 0.29) is 12.0 Å². The first-order valence-electron chi connectivity index (χ1n) is 7.12.